The van der Waals surface area contributed by atoms with E-state index in [2.05, 4.69) is 5.32 Å². The Morgan fingerprint density at radius 1 is 1.25 bits per heavy atom. The van der Waals surface area contributed by atoms with Gasteiger partial charge in [0.2, 0.25) is 0 Å². The molecule has 0 unspecified atom stereocenters. The monoisotopic (exact) mass is 320 g/mol. The van der Waals surface area contributed by atoms with Crippen LogP contribution in [0.1, 0.15) is 31.1 Å². The Balaban J connectivity index is 0.00000361. The first-order chi connectivity index (χ1) is 8.65. The summed E-state index contributed by atoms with van der Waals surface area (Å²) in [6, 6.07) is 5.89. The van der Waals surface area contributed by atoms with Crippen molar-refractivity contribution in [2.75, 3.05) is 12.3 Å². The third-order valence-electron chi connectivity index (χ3n) is 2.56. The standard InChI is InChI=1S/C13H20N2O3S.ClH/c1-4-19(17,18)11-7-5-10(6-8-11)12(16)15-9-13(2,3)14;/h5-8H,4,9,14H2,1-3H3,(H,15,16);1H. The molecule has 0 saturated carbocycles. The van der Waals surface area contributed by atoms with Gasteiger partial charge < -0.3 is 11.1 Å². The number of halogens is 1. The maximum Gasteiger partial charge on any atom is 0.251 e. The van der Waals surface area contributed by atoms with E-state index in [4.69, 9.17) is 5.73 Å². The maximum absolute atomic E-state index is 11.8. The van der Waals surface area contributed by atoms with E-state index in [9.17, 15) is 13.2 Å². The second-order valence-corrected chi connectivity index (χ2v) is 7.38. The van der Waals surface area contributed by atoms with E-state index in [-0.39, 0.29) is 29.0 Å². The van der Waals surface area contributed by atoms with Crippen molar-refractivity contribution in [2.45, 2.75) is 31.2 Å². The molecule has 1 aromatic rings. The fraction of sp³-hybridized carbons (Fsp3) is 0.462. The maximum atomic E-state index is 11.8. The van der Waals surface area contributed by atoms with Gasteiger partial charge >= 0.3 is 0 Å². The molecule has 0 radical (unpaired) electrons. The van der Waals surface area contributed by atoms with Crippen molar-refractivity contribution >= 4 is 28.2 Å². The van der Waals surface area contributed by atoms with E-state index in [1.165, 1.54) is 24.3 Å². The Bertz CT molecular complexity index is 548. The summed E-state index contributed by atoms with van der Waals surface area (Å²) in [4.78, 5) is 12.0. The lowest BCUT2D eigenvalue weighted by Crippen LogP contribution is -2.45. The number of sulfone groups is 1. The van der Waals surface area contributed by atoms with Crippen LogP contribution in [-0.2, 0) is 9.84 Å². The van der Waals surface area contributed by atoms with Gasteiger partial charge in [0.25, 0.3) is 5.91 Å². The Labute approximate surface area is 126 Å². The molecule has 0 heterocycles. The molecule has 0 spiro atoms. The van der Waals surface area contributed by atoms with Crippen molar-refractivity contribution in [3.05, 3.63) is 29.8 Å². The lowest BCUT2D eigenvalue weighted by atomic mass is 10.1. The molecule has 7 heteroatoms. The SMILES string of the molecule is CCS(=O)(=O)c1ccc(C(=O)NCC(C)(C)N)cc1.Cl. The number of nitrogens with one attached hydrogen (secondary N) is 1. The fourth-order valence-electron chi connectivity index (χ4n) is 1.39. The number of rotatable bonds is 5. The molecule has 0 aliphatic heterocycles. The molecule has 3 N–H and O–H groups in total. The van der Waals surface area contributed by atoms with Gasteiger partial charge in [0.05, 0.1) is 10.6 Å². The van der Waals surface area contributed by atoms with E-state index in [0.29, 0.717) is 12.1 Å². The summed E-state index contributed by atoms with van der Waals surface area (Å²) in [5.74, 6) is -0.223. The molecule has 20 heavy (non-hydrogen) atoms. The molecule has 0 bridgehead atoms. The second kappa shape index (κ2) is 7.06. The number of carbonyl (C=O) groups excluding carboxylic acids is 1. The van der Waals surface area contributed by atoms with Crippen LogP contribution in [0, 0.1) is 0 Å². The predicted octanol–water partition coefficient (Wildman–Crippen LogP) is 1.37. The molecule has 114 valence electrons. The Morgan fingerprint density at radius 2 is 1.75 bits per heavy atom. The third-order valence-corrected chi connectivity index (χ3v) is 4.31. The van der Waals surface area contributed by atoms with Crippen molar-refractivity contribution in [3.63, 3.8) is 0 Å². The van der Waals surface area contributed by atoms with Crippen LogP contribution in [-0.4, -0.2) is 32.2 Å². The van der Waals surface area contributed by atoms with Crippen LogP contribution < -0.4 is 11.1 Å². The van der Waals surface area contributed by atoms with Gasteiger partial charge in [0.15, 0.2) is 9.84 Å². The van der Waals surface area contributed by atoms with Crippen molar-refractivity contribution in [3.8, 4) is 0 Å². The average Bonchev–Trinajstić information content (AvgIpc) is 2.35. The molecule has 0 saturated heterocycles. The smallest absolute Gasteiger partial charge is 0.251 e. The summed E-state index contributed by atoms with van der Waals surface area (Å²) in [5, 5.41) is 2.70. The fourth-order valence-corrected chi connectivity index (χ4v) is 2.27. The van der Waals surface area contributed by atoms with Gasteiger partial charge in [-0.3, -0.25) is 4.79 Å². The van der Waals surface area contributed by atoms with Gasteiger partial charge in [0.1, 0.15) is 0 Å². The topological polar surface area (TPSA) is 89.3 Å². The number of carbonyl (C=O) groups is 1. The Hall–Kier alpha value is -1.11. The van der Waals surface area contributed by atoms with Gasteiger partial charge in [-0.05, 0) is 38.1 Å². The van der Waals surface area contributed by atoms with Gasteiger partial charge in [-0.1, -0.05) is 6.92 Å². The normalized spacial score (nSPS) is 11.6. The van der Waals surface area contributed by atoms with Gasteiger partial charge in [0, 0.05) is 17.6 Å². The number of benzene rings is 1. The predicted molar refractivity (Wildman–Crippen MR) is 82.0 cm³/mol. The highest BCUT2D eigenvalue weighted by atomic mass is 35.5. The van der Waals surface area contributed by atoms with Crippen molar-refractivity contribution < 1.29 is 13.2 Å². The van der Waals surface area contributed by atoms with Crippen molar-refractivity contribution in [1.29, 1.82) is 0 Å². The summed E-state index contributed by atoms with van der Waals surface area (Å²) in [5.41, 5.74) is 5.70. The van der Waals surface area contributed by atoms with Gasteiger partial charge in [-0.2, -0.15) is 0 Å². The summed E-state index contributed by atoms with van der Waals surface area (Å²) in [6.07, 6.45) is 0. The highest BCUT2D eigenvalue weighted by Crippen LogP contribution is 2.12. The minimum atomic E-state index is -3.23. The number of amides is 1. The molecule has 1 amide bonds. The minimum absolute atomic E-state index is 0. The molecular formula is C13H21ClN2O3S. The van der Waals surface area contributed by atoms with Crippen LogP contribution in [0.2, 0.25) is 0 Å². The Morgan fingerprint density at radius 3 is 2.15 bits per heavy atom. The highest BCUT2D eigenvalue weighted by Gasteiger charge is 2.15. The Kier molecular flexibility index (Phi) is 6.67. The lowest BCUT2D eigenvalue weighted by molar-refractivity contribution is 0.0946. The minimum Gasteiger partial charge on any atom is -0.350 e. The molecule has 0 aliphatic rings. The molecule has 1 aromatic carbocycles. The lowest BCUT2D eigenvalue weighted by Gasteiger charge is -2.18. The average molecular weight is 321 g/mol. The van der Waals surface area contributed by atoms with Crippen LogP contribution in [0.3, 0.4) is 0 Å². The van der Waals surface area contributed by atoms with Crippen LogP contribution >= 0.6 is 12.4 Å². The molecule has 1 rings (SSSR count). The largest absolute Gasteiger partial charge is 0.350 e. The van der Waals surface area contributed by atoms with E-state index in [1.54, 1.807) is 6.92 Å². The zero-order chi connectivity index (χ0) is 14.7. The van der Waals surface area contributed by atoms with Crippen molar-refractivity contribution in [2.24, 2.45) is 5.73 Å². The third kappa shape index (κ3) is 5.48. The molecule has 5 nitrogen and oxygen atoms in total. The zero-order valence-electron chi connectivity index (χ0n) is 11.8. The number of nitrogens with two attached hydrogens (primary N) is 1. The summed E-state index contributed by atoms with van der Waals surface area (Å²) < 4.78 is 23.2. The first-order valence-electron chi connectivity index (χ1n) is 6.05. The molecular weight excluding hydrogens is 300 g/mol. The van der Waals surface area contributed by atoms with Crippen molar-refractivity contribution in [1.82, 2.24) is 5.32 Å². The van der Waals surface area contributed by atoms with Crippen LogP contribution in [0.4, 0.5) is 0 Å². The summed E-state index contributed by atoms with van der Waals surface area (Å²) in [7, 11) is -3.23. The van der Waals surface area contributed by atoms with Crippen LogP contribution in [0.15, 0.2) is 29.2 Å². The van der Waals surface area contributed by atoms with E-state index >= 15 is 0 Å². The molecule has 0 aromatic heterocycles. The van der Waals surface area contributed by atoms with E-state index in [1.807, 2.05) is 13.8 Å². The first-order valence-corrected chi connectivity index (χ1v) is 7.71. The van der Waals surface area contributed by atoms with E-state index in [0.717, 1.165) is 0 Å². The van der Waals surface area contributed by atoms with Crippen LogP contribution in [0.25, 0.3) is 0 Å². The summed E-state index contributed by atoms with van der Waals surface area (Å²) in [6.45, 7) is 5.55. The molecule has 0 fully saturated rings. The number of hydrogen-bond acceptors (Lipinski definition) is 4. The summed E-state index contributed by atoms with van der Waals surface area (Å²) >= 11 is 0. The van der Waals surface area contributed by atoms with Gasteiger partial charge in [-0.25, -0.2) is 8.42 Å². The molecule has 0 aliphatic carbocycles. The van der Waals surface area contributed by atoms with Crippen LogP contribution in [0.5, 0.6) is 0 Å². The highest BCUT2D eigenvalue weighted by molar-refractivity contribution is 7.91. The number of hydrogen-bond donors (Lipinski definition) is 2. The second-order valence-electron chi connectivity index (χ2n) is 5.10. The van der Waals surface area contributed by atoms with Gasteiger partial charge in [-0.15, -0.1) is 12.4 Å². The quantitative estimate of drug-likeness (QED) is 0.857. The van der Waals surface area contributed by atoms with E-state index < -0.39 is 15.4 Å². The molecule has 0 atom stereocenters. The zero-order valence-corrected chi connectivity index (χ0v) is 13.5. The first kappa shape index (κ1) is 18.9.